The minimum atomic E-state index is -0.248. The van der Waals surface area contributed by atoms with Gasteiger partial charge in [0, 0.05) is 45.3 Å². The van der Waals surface area contributed by atoms with Gasteiger partial charge in [0.2, 0.25) is 0 Å². The van der Waals surface area contributed by atoms with Crippen molar-refractivity contribution < 1.29 is 9.59 Å². The summed E-state index contributed by atoms with van der Waals surface area (Å²) in [4.78, 5) is 25.4. The molecule has 2 amide bonds. The van der Waals surface area contributed by atoms with Crippen LogP contribution in [-0.2, 0) is 0 Å². The molecule has 5 rings (SSSR count). The van der Waals surface area contributed by atoms with Crippen molar-refractivity contribution in [3.05, 3.63) is 145 Å². The third kappa shape index (κ3) is 6.44. The van der Waals surface area contributed by atoms with Crippen molar-refractivity contribution in [2.45, 2.75) is 0 Å². The fourth-order valence-corrected chi connectivity index (χ4v) is 3.83. The van der Waals surface area contributed by atoms with E-state index < -0.39 is 0 Å². The summed E-state index contributed by atoms with van der Waals surface area (Å²) in [5, 5.41) is 12.4. The maximum absolute atomic E-state index is 12.7. The zero-order valence-corrected chi connectivity index (χ0v) is 20.5. The van der Waals surface area contributed by atoms with Crippen LogP contribution in [0.3, 0.4) is 0 Å². The van der Waals surface area contributed by atoms with Crippen LogP contribution in [0.1, 0.15) is 20.7 Å². The highest BCUT2D eigenvalue weighted by atomic mass is 16.2. The van der Waals surface area contributed by atoms with Crippen molar-refractivity contribution in [1.29, 1.82) is 0 Å². The lowest BCUT2D eigenvalue weighted by molar-refractivity contribution is 0.101. The normalized spacial score (nSPS) is 10.3. The molecule has 0 atom stereocenters. The van der Waals surface area contributed by atoms with E-state index in [4.69, 9.17) is 0 Å². The van der Waals surface area contributed by atoms with E-state index in [-0.39, 0.29) is 11.8 Å². The van der Waals surface area contributed by atoms with E-state index in [2.05, 4.69) is 21.3 Å². The summed E-state index contributed by atoms with van der Waals surface area (Å²) >= 11 is 0. The smallest absolute Gasteiger partial charge is 0.255 e. The number of amides is 2. The number of benzene rings is 5. The third-order valence-corrected chi connectivity index (χ3v) is 5.82. The monoisotopic (exact) mass is 498 g/mol. The second-order valence-electron chi connectivity index (χ2n) is 8.62. The van der Waals surface area contributed by atoms with Crippen molar-refractivity contribution in [3.8, 4) is 0 Å². The molecule has 0 heterocycles. The zero-order valence-electron chi connectivity index (χ0n) is 20.5. The van der Waals surface area contributed by atoms with E-state index in [0.29, 0.717) is 22.5 Å². The van der Waals surface area contributed by atoms with Crippen LogP contribution in [0, 0.1) is 0 Å². The predicted molar refractivity (Wildman–Crippen MR) is 155 cm³/mol. The van der Waals surface area contributed by atoms with E-state index in [9.17, 15) is 9.59 Å². The highest BCUT2D eigenvalue weighted by molar-refractivity contribution is 6.07. The first kappa shape index (κ1) is 24.3. The Morgan fingerprint density at radius 2 is 0.632 bits per heavy atom. The molecular weight excluding hydrogens is 472 g/mol. The minimum Gasteiger partial charge on any atom is -0.356 e. The number of para-hydroxylation sites is 2. The molecule has 5 aromatic carbocycles. The zero-order chi connectivity index (χ0) is 26.2. The quantitative estimate of drug-likeness (QED) is 0.177. The molecule has 0 radical (unpaired) electrons. The SMILES string of the molecule is O=C(Nc1ccc(Nc2ccccc2)cc1)c1ccc(C(=O)Nc2ccc(Nc3ccccc3)cc2)cc1. The molecule has 186 valence electrons. The van der Waals surface area contributed by atoms with Crippen LogP contribution >= 0.6 is 0 Å². The lowest BCUT2D eigenvalue weighted by Gasteiger charge is -2.10. The van der Waals surface area contributed by atoms with Gasteiger partial charge in [-0.25, -0.2) is 0 Å². The first-order valence-electron chi connectivity index (χ1n) is 12.2. The third-order valence-electron chi connectivity index (χ3n) is 5.82. The molecule has 4 N–H and O–H groups in total. The van der Waals surface area contributed by atoms with Crippen LogP contribution in [-0.4, -0.2) is 11.8 Å². The van der Waals surface area contributed by atoms with Gasteiger partial charge >= 0.3 is 0 Å². The Morgan fingerprint density at radius 3 is 0.974 bits per heavy atom. The molecule has 0 fully saturated rings. The van der Waals surface area contributed by atoms with Gasteiger partial charge in [0.15, 0.2) is 0 Å². The van der Waals surface area contributed by atoms with Gasteiger partial charge in [-0.3, -0.25) is 9.59 Å². The van der Waals surface area contributed by atoms with Gasteiger partial charge in [-0.05, 0) is 97.1 Å². The molecule has 0 aromatic heterocycles. The average molecular weight is 499 g/mol. The minimum absolute atomic E-state index is 0.248. The summed E-state index contributed by atoms with van der Waals surface area (Å²) in [6, 6.07) is 41.3. The van der Waals surface area contributed by atoms with Gasteiger partial charge in [0.05, 0.1) is 0 Å². The average Bonchev–Trinajstić information content (AvgIpc) is 2.96. The Bertz CT molecular complexity index is 1380. The van der Waals surface area contributed by atoms with Crippen LogP contribution < -0.4 is 21.3 Å². The summed E-state index contributed by atoms with van der Waals surface area (Å²) < 4.78 is 0. The number of carbonyl (C=O) groups excluding carboxylic acids is 2. The van der Waals surface area contributed by atoms with Crippen LogP contribution in [0.4, 0.5) is 34.1 Å². The fraction of sp³-hybridized carbons (Fsp3) is 0. The summed E-state index contributed by atoms with van der Waals surface area (Å²) in [5.41, 5.74) is 6.12. The molecule has 0 aliphatic rings. The summed E-state index contributed by atoms with van der Waals surface area (Å²) in [5.74, 6) is -0.496. The van der Waals surface area contributed by atoms with Gasteiger partial charge in [-0.2, -0.15) is 0 Å². The van der Waals surface area contributed by atoms with Crippen LogP contribution in [0.25, 0.3) is 0 Å². The van der Waals surface area contributed by atoms with Crippen molar-refractivity contribution in [1.82, 2.24) is 0 Å². The Labute approximate surface area is 221 Å². The van der Waals surface area contributed by atoms with Gasteiger partial charge < -0.3 is 21.3 Å². The van der Waals surface area contributed by atoms with Gasteiger partial charge in [0.25, 0.3) is 11.8 Å². The molecular formula is C32H26N4O2. The molecule has 5 aromatic rings. The van der Waals surface area contributed by atoms with Gasteiger partial charge in [-0.15, -0.1) is 0 Å². The number of hydrogen-bond donors (Lipinski definition) is 4. The number of anilines is 6. The molecule has 0 saturated heterocycles. The van der Waals surface area contributed by atoms with Crippen molar-refractivity contribution in [2.24, 2.45) is 0 Å². The molecule has 0 aliphatic carbocycles. The summed E-state index contributed by atoms with van der Waals surface area (Å²) in [6.07, 6.45) is 0. The summed E-state index contributed by atoms with van der Waals surface area (Å²) in [7, 11) is 0. The van der Waals surface area contributed by atoms with Gasteiger partial charge in [-0.1, -0.05) is 36.4 Å². The number of rotatable bonds is 8. The van der Waals surface area contributed by atoms with Crippen LogP contribution in [0.5, 0.6) is 0 Å². The first-order chi connectivity index (χ1) is 18.6. The first-order valence-corrected chi connectivity index (χ1v) is 12.2. The predicted octanol–water partition coefficient (Wildman–Crippen LogP) is 7.68. The molecule has 0 bridgehead atoms. The van der Waals surface area contributed by atoms with Crippen LogP contribution in [0.2, 0.25) is 0 Å². The van der Waals surface area contributed by atoms with E-state index >= 15 is 0 Å². The topological polar surface area (TPSA) is 82.3 Å². The largest absolute Gasteiger partial charge is 0.356 e. The van der Waals surface area contributed by atoms with E-state index in [1.165, 1.54) is 0 Å². The maximum atomic E-state index is 12.7. The van der Waals surface area contributed by atoms with E-state index in [0.717, 1.165) is 22.7 Å². The molecule has 6 nitrogen and oxygen atoms in total. The number of nitrogens with one attached hydrogen (secondary N) is 4. The Kier molecular flexibility index (Phi) is 7.42. The molecule has 0 spiro atoms. The number of carbonyl (C=O) groups is 2. The molecule has 0 unspecified atom stereocenters. The molecule has 6 heteroatoms. The van der Waals surface area contributed by atoms with E-state index in [1.807, 2.05) is 109 Å². The lowest BCUT2D eigenvalue weighted by Crippen LogP contribution is -2.14. The Morgan fingerprint density at radius 1 is 0.342 bits per heavy atom. The highest BCUT2D eigenvalue weighted by Gasteiger charge is 2.10. The molecule has 0 saturated carbocycles. The standard InChI is InChI=1S/C32H26N4O2/c37-31(35-29-19-15-27(16-20-29)33-25-7-3-1-4-8-25)23-11-13-24(14-12-23)32(38)36-30-21-17-28(18-22-30)34-26-9-5-2-6-10-26/h1-22,33-34H,(H,35,37)(H,36,38). The second-order valence-corrected chi connectivity index (χ2v) is 8.62. The summed E-state index contributed by atoms with van der Waals surface area (Å²) in [6.45, 7) is 0. The van der Waals surface area contributed by atoms with Crippen molar-refractivity contribution in [2.75, 3.05) is 21.3 Å². The fourth-order valence-electron chi connectivity index (χ4n) is 3.83. The van der Waals surface area contributed by atoms with Crippen molar-refractivity contribution in [3.63, 3.8) is 0 Å². The Balaban J connectivity index is 1.14. The molecule has 38 heavy (non-hydrogen) atoms. The van der Waals surface area contributed by atoms with Crippen LogP contribution in [0.15, 0.2) is 133 Å². The lowest BCUT2D eigenvalue weighted by atomic mass is 10.1. The second kappa shape index (κ2) is 11.6. The van der Waals surface area contributed by atoms with Gasteiger partial charge in [0.1, 0.15) is 0 Å². The number of hydrogen-bond acceptors (Lipinski definition) is 4. The Hall–Kier alpha value is -5.36. The highest BCUT2D eigenvalue weighted by Crippen LogP contribution is 2.21. The maximum Gasteiger partial charge on any atom is 0.255 e. The van der Waals surface area contributed by atoms with Crippen molar-refractivity contribution >= 4 is 45.9 Å². The molecule has 0 aliphatic heterocycles. The van der Waals surface area contributed by atoms with E-state index in [1.54, 1.807) is 24.3 Å².